The van der Waals surface area contributed by atoms with Crippen LogP contribution in [0.1, 0.15) is 61.1 Å². The van der Waals surface area contributed by atoms with Crippen molar-refractivity contribution in [2.24, 2.45) is 0 Å². The van der Waals surface area contributed by atoms with E-state index in [9.17, 15) is 18.4 Å². The highest BCUT2D eigenvalue weighted by molar-refractivity contribution is 7.76. The second-order valence-corrected chi connectivity index (χ2v) is 11.1. The Morgan fingerprint density at radius 2 is 1.73 bits per heavy atom. The Hall–Kier alpha value is -2.79. The van der Waals surface area contributed by atoms with Gasteiger partial charge in [-0.15, -0.1) is 0 Å². The van der Waals surface area contributed by atoms with Gasteiger partial charge in [0.15, 0.2) is 0 Å². The zero-order valence-electron chi connectivity index (χ0n) is 21.8. The number of amides is 1. The van der Waals surface area contributed by atoms with E-state index in [1.54, 1.807) is 24.3 Å². The first-order chi connectivity index (χ1) is 17.6. The number of nitrogens with zero attached hydrogens (tertiary/aromatic N) is 2. The number of piperidine rings is 1. The smallest absolute Gasteiger partial charge is 0.407 e. The van der Waals surface area contributed by atoms with Crippen LogP contribution in [0.3, 0.4) is 0 Å². The Balaban J connectivity index is 1.69. The quantitative estimate of drug-likeness (QED) is 0.388. The number of methoxy groups -OCH3 is 1. The van der Waals surface area contributed by atoms with E-state index in [-0.39, 0.29) is 25.2 Å². The summed E-state index contributed by atoms with van der Waals surface area (Å²) in [5.41, 5.74) is 1.65. The second-order valence-electron chi connectivity index (χ2n) is 10.1. The molecule has 0 aromatic heterocycles. The van der Waals surface area contributed by atoms with Crippen LogP contribution in [0.2, 0.25) is 0 Å². The van der Waals surface area contributed by atoms with Crippen LogP contribution in [-0.4, -0.2) is 68.4 Å². The number of esters is 1. The molecule has 0 aliphatic carbocycles. The third-order valence-electron chi connectivity index (χ3n) is 6.20. The molecule has 3 rings (SSSR count). The highest BCUT2D eigenvalue weighted by Gasteiger charge is 2.29. The van der Waals surface area contributed by atoms with Crippen molar-refractivity contribution in [1.82, 2.24) is 14.5 Å². The van der Waals surface area contributed by atoms with E-state index in [2.05, 4.69) is 10.2 Å². The van der Waals surface area contributed by atoms with Gasteiger partial charge in [-0.25, -0.2) is 13.9 Å². The molecule has 0 radical (unpaired) electrons. The van der Waals surface area contributed by atoms with Crippen LogP contribution in [-0.2, 0) is 27.3 Å². The van der Waals surface area contributed by atoms with Gasteiger partial charge >= 0.3 is 12.1 Å². The molecule has 0 spiro atoms. The van der Waals surface area contributed by atoms with Crippen LogP contribution >= 0.6 is 0 Å². The zero-order valence-corrected chi connectivity index (χ0v) is 22.7. The lowest BCUT2D eigenvalue weighted by Gasteiger charge is -2.40. The number of nitrogens with one attached hydrogen (secondary N) is 1. The number of hydrogen-bond acceptors (Lipinski definition) is 7. The second kappa shape index (κ2) is 13.1. The molecule has 1 aliphatic rings. The molecule has 1 N–H and O–H groups in total. The maximum absolute atomic E-state index is 12.2. The summed E-state index contributed by atoms with van der Waals surface area (Å²) < 4.78 is 36.0. The molecule has 1 fully saturated rings. The molecule has 9 nitrogen and oxygen atoms in total. The van der Waals surface area contributed by atoms with Gasteiger partial charge in [0.25, 0.3) is 0 Å². The molecule has 0 saturated carbocycles. The van der Waals surface area contributed by atoms with Crippen LogP contribution in [0.15, 0.2) is 54.6 Å². The van der Waals surface area contributed by atoms with Gasteiger partial charge in [-0.2, -0.15) is 0 Å². The van der Waals surface area contributed by atoms with Crippen molar-refractivity contribution in [2.45, 2.75) is 57.8 Å². The van der Waals surface area contributed by atoms with E-state index < -0.39 is 28.9 Å². The number of ether oxygens (including phenoxy) is 2. The monoisotopic (exact) mass is 530 g/mol. The Morgan fingerprint density at radius 1 is 1.11 bits per heavy atom. The number of rotatable bonds is 9. The molecule has 2 unspecified atom stereocenters. The summed E-state index contributed by atoms with van der Waals surface area (Å²) >= 11 is -2.45. The van der Waals surface area contributed by atoms with Crippen molar-refractivity contribution in [3.63, 3.8) is 0 Å². The third kappa shape index (κ3) is 8.92. The number of likely N-dealkylation sites (tertiary alicyclic amines) is 1. The highest BCUT2D eigenvalue weighted by Crippen LogP contribution is 2.27. The van der Waals surface area contributed by atoms with Gasteiger partial charge in [0.05, 0.1) is 12.7 Å². The van der Waals surface area contributed by atoms with Crippen LogP contribution in [0.5, 0.6) is 0 Å². The van der Waals surface area contributed by atoms with Gasteiger partial charge in [-0.05, 0) is 56.9 Å². The van der Waals surface area contributed by atoms with Crippen LogP contribution in [0.25, 0.3) is 0 Å². The largest absolute Gasteiger partial charge is 0.760 e. The summed E-state index contributed by atoms with van der Waals surface area (Å²) in [6, 6.07) is 16.4. The van der Waals surface area contributed by atoms with Gasteiger partial charge in [0, 0.05) is 49.5 Å². The van der Waals surface area contributed by atoms with Crippen LogP contribution in [0.4, 0.5) is 4.79 Å². The third-order valence-corrected chi connectivity index (χ3v) is 6.90. The molecule has 37 heavy (non-hydrogen) atoms. The number of carbonyl (C=O) groups is 2. The summed E-state index contributed by atoms with van der Waals surface area (Å²) in [6.07, 6.45) is 1.05. The number of benzene rings is 2. The van der Waals surface area contributed by atoms with E-state index in [4.69, 9.17) is 9.47 Å². The lowest BCUT2D eigenvalue weighted by molar-refractivity contribution is 0.0462. The van der Waals surface area contributed by atoms with E-state index >= 15 is 0 Å². The standard InChI is InChI=1S/C27H37N3O6S/c1-27(2,3)36-26(32)28-23-14-16-29(17-15-23)24(21-8-6-5-7-9-21)19-30(37(33)34)18-20-10-12-22(13-11-20)25(31)35-4/h5-13,23-24H,14-19H2,1-4H3,(H,28,32)(H,33,34)/p-1. The van der Waals surface area contributed by atoms with Crippen LogP contribution < -0.4 is 5.32 Å². The molecule has 0 bridgehead atoms. The number of hydrogen-bond donors (Lipinski definition) is 1. The first-order valence-electron chi connectivity index (χ1n) is 12.4. The van der Waals surface area contributed by atoms with Crippen molar-refractivity contribution in [3.8, 4) is 0 Å². The fourth-order valence-corrected chi connectivity index (χ4v) is 4.89. The molecule has 2 aromatic carbocycles. The van der Waals surface area contributed by atoms with Crippen molar-refractivity contribution < 1.29 is 27.8 Å². The highest BCUT2D eigenvalue weighted by atomic mass is 32.2. The molecule has 2 aromatic rings. The zero-order chi connectivity index (χ0) is 27.0. The van der Waals surface area contributed by atoms with E-state index in [1.165, 1.54) is 11.4 Å². The van der Waals surface area contributed by atoms with Crippen molar-refractivity contribution >= 4 is 23.3 Å². The normalized spacial score (nSPS) is 16.7. The topological polar surface area (TPSA) is 111 Å². The van der Waals surface area contributed by atoms with Crippen molar-refractivity contribution in [1.29, 1.82) is 0 Å². The summed E-state index contributed by atoms with van der Waals surface area (Å²) in [6.45, 7) is 7.34. The molecule has 1 aliphatic heterocycles. The van der Waals surface area contributed by atoms with Gasteiger partial charge in [0.2, 0.25) is 0 Å². The van der Waals surface area contributed by atoms with Gasteiger partial charge < -0.3 is 19.3 Å². The molecule has 10 heteroatoms. The first kappa shape index (κ1) is 28.8. The molecule has 202 valence electrons. The van der Waals surface area contributed by atoms with E-state index in [0.717, 1.165) is 24.0 Å². The average molecular weight is 531 g/mol. The van der Waals surface area contributed by atoms with Gasteiger partial charge in [-0.1, -0.05) is 42.5 Å². The van der Waals surface area contributed by atoms with Gasteiger partial charge in [0.1, 0.15) is 5.60 Å². The lowest BCUT2D eigenvalue weighted by atomic mass is 9.99. The molecule has 1 heterocycles. The summed E-state index contributed by atoms with van der Waals surface area (Å²) in [5.74, 6) is -0.440. The van der Waals surface area contributed by atoms with E-state index in [0.29, 0.717) is 18.7 Å². The fraction of sp³-hybridized carbons (Fsp3) is 0.481. The SMILES string of the molecule is COC(=O)c1ccc(CN(CC(c2ccccc2)N2CCC(NC(=O)OC(C)(C)C)CC2)S(=O)[O-])cc1. The average Bonchev–Trinajstić information content (AvgIpc) is 2.86. The molecule has 2 atom stereocenters. The first-order valence-corrected chi connectivity index (χ1v) is 13.4. The van der Waals surface area contributed by atoms with Crippen LogP contribution in [0, 0.1) is 0 Å². The Labute approximate surface area is 221 Å². The van der Waals surface area contributed by atoms with Gasteiger partial charge in [-0.3, -0.25) is 9.11 Å². The number of alkyl carbamates (subject to hydrolysis) is 1. The summed E-state index contributed by atoms with van der Waals surface area (Å²) in [7, 11) is 1.32. The van der Waals surface area contributed by atoms with Crippen molar-refractivity contribution in [3.05, 3.63) is 71.3 Å². The Morgan fingerprint density at radius 3 is 2.27 bits per heavy atom. The fourth-order valence-electron chi connectivity index (χ4n) is 4.38. The summed E-state index contributed by atoms with van der Waals surface area (Å²) in [4.78, 5) is 26.2. The molecular formula is C27H36N3O6S-. The molecular weight excluding hydrogens is 494 g/mol. The summed E-state index contributed by atoms with van der Waals surface area (Å²) in [5, 5.41) is 2.95. The minimum Gasteiger partial charge on any atom is -0.760 e. The maximum Gasteiger partial charge on any atom is 0.407 e. The lowest BCUT2D eigenvalue weighted by Crippen LogP contribution is -2.48. The minimum absolute atomic E-state index is 0.000548. The Bertz CT molecular complexity index is 1050. The number of carbonyl (C=O) groups excluding carboxylic acids is 2. The predicted octanol–water partition coefficient (Wildman–Crippen LogP) is 3.80. The Kier molecular flexibility index (Phi) is 10.2. The molecule has 1 saturated heterocycles. The molecule has 1 amide bonds. The van der Waals surface area contributed by atoms with Crippen molar-refractivity contribution in [2.75, 3.05) is 26.7 Å². The van der Waals surface area contributed by atoms with E-state index in [1.807, 2.05) is 51.1 Å². The minimum atomic E-state index is -2.45. The maximum atomic E-state index is 12.2. The predicted molar refractivity (Wildman–Crippen MR) is 140 cm³/mol.